The van der Waals surface area contributed by atoms with Gasteiger partial charge in [0.1, 0.15) is 17.5 Å². The minimum atomic E-state index is -0.888. The molecule has 3 rings (SSSR count). The van der Waals surface area contributed by atoms with Gasteiger partial charge in [-0.3, -0.25) is 9.69 Å². The molecule has 5 nitrogen and oxygen atoms in total. The molecular weight excluding hydrogens is 306 g/mol. The van der Waals surface area contributed by atoms with E-state index in [9.17, 15) is 9.90 Å². The minimum Gasteiger partial charge on any atom is -0.497 e. The van der Waals surface area contributed by atoms with Crippen molar-refractivity contribution in [1.29, 1.82) is 0 Å². The van der Waals surface area contributed by atoms with Gasteiger partial charge in [-0.15, -0.1) is 0 Å². The topological polar surface area (TPSA) is 59.0 Å². The lowest BCUT2D eigenvalue weighted by atomic mass is 9.96. The Morgan fingerprint density at radius 1 is 1.12 bits per heavy atom. The van der Waals surface area contributed by atoms with E-state index < -0.39 is 12.0 Å². The fourth-order valence-electron chi connectivity index (χ4n) is 3.28. The molecule has 24 heavy (non-hydrogen) atoms. The third-order valence-corrected chi connectivity index (χ3v) is 4.49. The highest BCUT2D eigenvalue weighted by molar-refractivity contribution is 5.77. The summed E-state index contributed by atoms with van der Waals surface area (Å²) in [5.41, 5.74) is 3.08. The Morgan fingerprint density at radius 2 is 1.88 bits per heavy atom. The molecule has 0 amide bonds. The van der Waals surface area contributed by atoms with E-state index >= 15 is 0 Å². The molecule has 1 N–H and O–H groups in total. The van der Waals surface area contributed by atoms with Gasteiger partial charge in [0.2, 0.25) is 0 Å². The number of nitrogens with zero attached hydrogens (tertiary/aromatic N) is 1. The van der Waals surface area contributed by atoms with Crippen LogP contribution < -0.4 is 9.47 Å². The highest BCUT2D eigenvalue weighted by Crippen LogP contribution is 2.35. The number of benzene rings is 2. The Morgan fingerprint density at radius 3 is 2.54 bits per heavy atom. The lowest BCUT2D eigenvalue weighted by Crippen LogP contribution is -2.38. The van der Waals surface area contributed by atoms with E-state index in [4.69, 9.17) is 9.47 Å². The second-order valence-corrected chi connectivity index (χ2v) is 5.84. The summed E-state index contributed by atoms with van der Waals surface area (Å²) < 4.78 is 10.7. The molecule has 0 radical (unpaired) electrons. The van der Waals surface area contributed by atoms with E-state index in [0.717, 1.165) is 6.42 Å². The maximum absolute atomic E-state index is 12.0. The van der Waals surface area contributed by atoms with E-state index in [-0.39, 0.29) is 0 Å². The molecule has 0 aromatic heterocycles. The van der Waals surface area contributed by atoms with Crippen LogP contribution in [0.2, 0.25) is 0 Å². The fraction of sp³-hybridized carbons (Fsp3) is 0.316. The zero-order valence-corrected chi connectivity index (χ0v) is 13.9. The average molecular weight is 327 g/mol. The molecule has 2 aromatic rings. The molecule has 0 saturated carbocycles. The number of carboxylic acid groups (broad SMARTS) is 1. The summed E-state index contributed by atoms with van der Waals surface area (Å²) in [7, 11) is 3.12. The van der Waals surface area contributed by atoms with Crippen molar-refractivity contribution in [2.75, 3.05) is 20.8 Å². The molecule has 1 aliphatic rings. The standard InChI is InChI=1S/C19H21NO4/c1-23-15-7-8-17(24-2)16(11-15)18(19(21)22)20-10-9-13-5-3-4-6-14(13)12-20/h3-8,11,18H,9-10,12H2,1-2H3,(H,21,22). The first-order chi connectivity index (χ1) is 11.6. The van der Waals surface area contributed by atoms with Crippen LogP contribution in [0, 0.1) is 0 Å². The molecule has 2 aromatic carbocycles. The highest BCUT2D eigenvalue weighted by Gasteiger charge is 2.32. The van der Waals surface area contributed by atoms with Gasteiger partial charge in [0.05, 0.1) is 14.2 Å². The maximum atomic E-state index is 12.0. The molecule has 5 heteroatoms. The minimum absolute atomic E-state index is 0.557. The van der Waals surface area contributed by atoms with Crippen molar-refractivity contribution in [2.45, 2.75) is 19.0 Å². The van der Waals surface area contributed by atoms with Crippen LogP contribution in [0.1, 0.15) is 22.7 Å². The van der Waals surface area contributed by atoms with Crippen molar-refractivity contribution in [1.82, 2.24) is 4.90 Å². The van der Waals surface area contributed by atoms with Gasteiger partial charge in [-0.1, -0.05) is 24.3 Å². The normalized spacial score (nSPS) is 15.4. The van der Waals surface area contributed by atoms with Crippen LogP contribution in [0.15, 0.2) is 42.5 Å². The van der Waals surface area contributed by atoms with Crippen molar-refractivity contribution >= 4 is 5.97 Å². The largest absolute Gasteiger partial charge is 0.497 e. The van der Waals surface area contributed by atoms with Gasteiger partial charge >= 0.3 is 5.97 Å². The van der Waals surface area contributed by atoms with Gasteiger partial charge in [-0.2, -0.15) is 0 Å². The predicted octanol–water partition coefficient (Wildman–Crippen LogP) is 2.89. The first-order valence-electron chi connectivity index (χ1n) is 7.89. The van der Waals surface area contributed by atoms with Crippen LogP contribution in [0.3, 0.4) is 0 Å². The zero-order chi connectivity index (χ0) is 17.1. The van der Waals surface area contributed by atoms with Gasteiger partial charge in [0.15, 0.2) is 0 Å². The number of carbonyl (C=O) groups is 1. The molecule has 1 unspecified atom stereocenters. The number of methoxy groups -OCH3 is 2. The third kappa shape index (κ3) is 3.08. The van der Waals surface area contributed by atoms with E-state index in [2.05, 4.69) is 12.1 Å². The molecule has 0 aliphatic carbocycles. The highest BCUT2D eigenvalue weighted by atomic mass is 16.5. The van der Waals surface area contributed by atoms with Crippen LogP contribution in [-0.4, -0.2) is 36.7 Å². The van der Waals surface area contributed by atoms with Gasteiger partial charge in [0, 0.05) is 18.7 Å². The molecular formula is C19H21NO4. The zero-order valence-electron chi connectivity index (χ0n) is 13.9. The van der Waals surface area contributed by atoms with E-state index in [0.29, 0.717) is 30.2 Å². The summed E-state index contributed by atoms with van der Waals surface area (Å²) >= 11 is 0. The van der Waals surface area contributed by atoms with Gasteiger partial charge in [0.25, 0.3) is 0 Å². The second-order valence-electron chi connectivity index (χ2n) is 5.84. The summed E-state index contributed by atoms with van der Waals surface area (Å²) in [6.07, 6.45) is 0.840. The summed E-state index contributed by atoms with van der Waals surface area (Å²) in [6, 6.07) is 12.7. The Kier molecular flexibility index (Phi) is 4.71. The first-order valence-corrected chi connectivity index (χ1v) is 7.89. The Bertz CT molecular complexity index is 744. The molecule has 1 aliphatic heterocycles. The first kappa shape index (κ1) is 16.3. The van der Waals surface area contributed by atoms with Crippen molar-refractivity contribution < 1.29 is 19.4 Å². The molecule has 126 valence electrons. The smallest absolute Gasteiger partial charge is 0.325 e. The van der Waals surface area contributed by atoms with Crippen LogP contribution in [0.25, 0.3) is 0 Å². The van der Waals surface area contributed by atoms with Crippen molar-refractivity contribution in [3.63, 3.8) is 0 Å². The van der Waals surface area contributed by atoms with Gasteiger partial charge in [-0.25, -0.2) is 0 Å². The van der Waals surface area contributed by atoms with Crippen LogP contribution in [-0.2, 0) is 17.8 Å². The number of fused-ring (bicyclic) bond motifs is 1. The summed E-state index contributed by atoms with van der Waals surface area (Å²) in [5, 5.41) is 9.87. The number of rotatable bonds is 5. The maximum Gasteiger partial charge on any atom is 0.325 e. The molecule has 0 saturated heterocycles. The summed E-state index contributed by atoms with van der Waals surface area (Å²) in [5.74, 6) is 0.289. The van der Waals surface area contributed by atoms with Crippen LogP contribution >= 0.6 is 0 Å². The molecule has 0 fully saturated rings. The Labute approximate surface area is 141 Å². The Balaban J connectivity index is 1.98. The number of ether oxygens (including phenoxy) is 2. The van der Waals surface area contributed by atoms with Crippen molar-refractivity contribution in [3.05, 3.63) is 59.2 Å². The van der Waals surface area contributed by atoms with Crippen LogP contribution in [0.4, 0.5) is 0 Å². The number of hydrogen-bond acceptors (Lipinski definition) is 4. The van der Waals surface area contributed by atoms with E-state index in [1.54, 1.807) is 32.4 Å². The fourth-order valence-corrected chi connectivity index (χ4v) is 3.28. The average Bonchev–Trinajstić information content (AvgIpc) is 2.61. The molecule has 1 heterocycles. The van der Waals surface area contributed by atoms with Crippen molar-refractivity contribution in [2.24, 2.45) is 0 Å². The van der Waals surface area contributed by atoms with Gasteiger partial charge < -0.3 is 14.6 Å². The quantitative estimate of drug-likeness (QED) is 0.915. The second kappa shape index (κ2) is 6.93. The third-order valence-electron chi connectivity index (χ3n) is 4.49. The molecule has 0 spiro atoms. The Hall–Kier alpha value is -2.53. The number of aliphatic carboxylic acids is 1. The van der Waals surface area contributed by atoms with E-state index in [1.807, 2.05) is 17.0 Å². The molecule has 0 bridgehead atoms. The van der Waals surface area contributed by atoms with Gasteiger partial charge in [-0.05, 0) is 35.7 Å². The predicted molar refractivity (Wildman–Crippen MR) is 90.5 cm³/mol. The number of carboxylic acids is 1. The monoisotopic (exact) mass is 327 g/mol. The summed E-state index contributed by atoms with van der Waals surface area (Å²) in [4.78, 5) is 14.0. The SMILES string of the molecule is COc1ccc(OC)c(C(C(=O)O)N2CCc3ccccc3C2)c1. The molecule has 1 atom stereocenters. The van der Waals surface area contributed by atoms with Crippen molar-refractivity contribution in [3.8, 4) is 11.5 Å². The lowest BCUT2D eigenvalue weighted by Gasteiger charge is -2.34. The van der Waals surface area contributed by atoms with E-state index in [1.165, 1.54) is 11.1 Å². The van der Waals surface area contributed by atoms with Crippen LogP contribution in [0.5, 0.6) is 11.5 Å². The lowest BCUT2D eigenvalue weighted by molar-refractivity contribution is -0.144. The summed E-state index contributed by atoms with van der Waals surface area (Å²) in [6.45, 7) is 1.29. The number of hydrogen-bond donors (Lipinski definition) is 1.